The molecule has 12 heteroatoms. The highest BCUT2D eigenvalue weighted by Gasteiger charge is 2.27. The summed E-state index contributed by atoms with van der Waals surface area (Å²) in [5.74, 6) is 0.714. The van der Waals surface area contributed by atoms with Crippen molar-refractivity contribution in [3.8, 4) is 17.1 Å². The Morgan fingerprint density at radius 2 is 1.74 bits per heavy atom. The van der Waals surface area contributed by atoms with E-state index in [1.165, 1.54) is 0 Å². The highest BCUT2D eigenvalue weighted by molar-refractivity contribution is 6.40. The number of amides is 2. The van der Waals surface area contributed by atoms with Crippen LogP contribution in [0.2, 0.25) is 15.1 Å². The van der Waals surface area contributed by atoms with Gasteiger partial charge in [-0.1, -0.05) is 60.8 Å². The summed E-state index contributed by atoms with van der Waals surface area (Å²) in [5, 5.41) is 9.93. The number of carbonyl (C=O) groups excluding carboxylic acids is 1. The number of halogens is 3. The van der Waals surface area contributed by atoms with E-state index in [0.29, 0.717) is 62.3 Å². The molecule has 0 bridgehead atoms. The quantitative estimate of drug-likeness (QED) is 0.213. The van der Waals surface area contributed by atoms with E-state index in [1.54, 1.807) is 28.9 Å². The molecule has 4 rings (SSSR count). The molecular formula is C27H30Cl3N7O2. The molecule has 0 unspecified atom stereocenters. The fraction of sp³-hybridized carbons (Fsp3) is 0.333. The molecule has 0 saturated carbocycles. The number of carbonyl (C=O) groups is 1. The van der Waals surface area contributed by atoms with E-state index in [2.05, 4.69) is 25.6 Å². The minimum absolute atomic E-state index is 0.00835. The number of rotatable bonds is 9. The summed E-state index contributed by atoms with van der Waals surface area (Å²) in [4.78, 5) is 36.4. The van der Waals surface area contributed by atoms with E-state index in [1.807, 2.05) is 40.1 Å². The Hall–Kier alpha value is -3.11. The second-order valence-corrected chi connectivity index (χ2v) is 11.0. The van der Waals surface area contributed by atoms with Crippen molar-refractivity contribution < 1.29 is 4.79 Å². The number of hydrogen-bond acceptors (Lipinski definition) is 5. The third-order valence-corrected chi connectivity index (χ3v) is 6.84. The largest absolute Gasteiger partial charge is 0.338 e. The number of H-pyrrole nitrogens is 1. The van der Waals surface area contributed by atoms with E-state index in [-0.39, 0.29) is 17.5 Å². The molecule has 9 nitrogen and oxygen atoms in total. The summed E-state index contributed by atoms with van der Waals surface area (Å²) in [6, 6.07) is 10.2. The van der Waals surface area contributed by atoms with Gasteiger partial charge in [0.05, 0.1) is 15.7 Å². The van der Waals surface area contributed by atoms with Gasteiger partial charge >= 0.3 is 6.03 Å². The van der Waals surface area contributed by atoms with Crippen molar-refractivity contribution in [2.24, 2.45) is 0 Å². The van der Waals surface area contributed by atoms with Crippen LogP contribution in [-0.4, -0.2) is 57.9 Å². The Morgan fingerprint density at radius 3 is 2.36 bits per heavy atom. The monoisotopic (exact) mass is 589 g/mol. The van der Waals surface area contributed by atoms with E-state index >= 15 is 0 Å². The van der Waals surface area contributed by atoms with Crippen molar-refractivity contribution in [3.05, 3.63) is 78.9 Å². The van der Waals surface area contributed by atoms with Crippen LogP contribution in [0.25, 0.3) is 17.1 Å². The molecule has 39 heavy (non-hydrogen) atoms. The Labute approximate surface area is 241 Å². The van der Waals surface area contributed by atoms with Gasteiger partial charge in [-0.3, -0.25) is 9.89 Å². The van der Waals surface area contributed by atoms with Crippen LogP contribution in [0.3, 0.4) is 0 Å². The predicted octanol–water partition coefficient (Wildman–Crippen LogP) is 5.81. The highest BCUT2D eigenvalue weighted by atomic mass is 35.5. The van der Waals surface area contributed by atoms with Gasteiger partial charge in [0.1, 0.15) is 17.1 Å². The first-order valence-corrected chi connectivity index (χ1v) is 13.6. The molecule has 0 fully saturated rings. The predicted molar refractivity (Wildman–Crippen MR) is 157 cm³/mol. The van der Waals surface area contributed by atoms with Crippen LogP contribution in [0.1, 0.15) is 43.3 Å². The first-order valence-electron chi connectivity index (χ1n) is 12.5. The molecule has 2 aliphatic rings. The normalized spacial score (nSPS) is 11.5. The number of nitrogens with zero attached hydrogens (tertiary/aromatic N) is 4. The molecule has 0 spiro atoms. The Bertz CT molecular complexity index is 1470. The van der Waals surface area contributed by atoms with Crippen molar-refractivity contribution in [2.75, 3.05) is 32.5 Å². The summed E-state index contributed by atoms with van der Waals surface area (Å²) in [5.41, 5.74) is 2.64. The molecule has 206 valence electrons. The molecule has 0 aliphatic carbocycles. The van der Waals surface area contributed by atoms with Crippen LogP contribution in [0, 0.1) is 0 Å². The molecule has 2 aromatic carbocycles. The van der Waals surface area contributed by atoms with Crippen LogP contribution in [-0.2, 0) is 6.42 Å². The van der Waals surface area contributed by atoms with Gasteiger partial charge in [-0.2, -0.15) is 4.98 Å². The lowest BCUT2D eigenvalue weighted by Gasteiger charge is -2.12. The Morgan fingerprint density at radius 1 is 1.08 bits per heavy atom. The SMILES string of the molecule is CC(C)c1[nH]n(-c2c(Cl)cc(Cl)cc2Cl)c2nc(Cc3ccc(NC(=O)NCCCN(C)C)cc3)nc(=O)c1-2. The molecule has 0 saturated heterocycles. The first-order chi connectivity index (χ1) is 18.5. The number of aromatic nitrogens is 4. The maximum absolute atomic E-state index is 13.2. The molecule has 0 atom stereocenters. The fourth-order valence-electron chi connectivity index (χ4n) is 4.17. The van der Waals surface area contributed by atoms with E-state index in [9.17, 15) is 9.59 Å². The summed E-state index contributed by atoms with van der Waals surface area (Å²) in [7, 11) is 3.98. The summed E-state index contributed by atoms with van der Waals surface area (Å²) < 4.78 is 1.61. The molecular weight excluding hydrogens is 561 g/mol. The summed E-state index contributed by atoms with van der Waals surface area (Å²) >= 11 is 19.1. The number of fused-ring (bicyclic) bond motifs is 1. The molecule has 2 aliphatic heterocycles. The maximum Gasteiger partial charge on any atom is 0.319 e. The van der Waals surface area contributed by atoms with Crippen molar-refractivity contribution >= 4 is 46.5 Å². The van der Waals surface area contributed by atoms with Crippen LogP contribution in [0.5, 0.6) is 0 Å². The lowest BCUT2D eigenvalue weighted by atomic mass is 10.1. The summed E-state index contributed by atoms with van der Waals surface area (Å²) in [6.07, 6.45) is 1.17. The summed E-state index contributed by atoms with van der Waals surface area (Å²) in [6.45, 7) is 5.42. The zero-order valence-electron chi connectivity index (χ0n) is 22.1. The van der Waals surface area contributed by atoms with Crippen molar-refractivity contribution in [2.45, 2.75) is 32.6 Å². The Kier molecular flexibility index (Phi) is 9.17. The zero-order valence-corrected chi connectivity index (χ0v) is 24.4. The maximum atomic E-state index is 13.2. The van der Waals surface area contributed by atoms with Gasteiger partial charge in [-0.15, -0.1) is 0 Å². The Balaban J connectivity index is 1.58. The number of anilines is 1. The molecule has 0 radical (unpaired) electrons. The fourth-order valence-corrected chi connectivity index (χ4v) is 5.15. The zero-order chi connectivity index (χ0) is 28.3. The van der Waals surface area contributed by atoms with Crippen molar-refractivity contribution in [3.63, 3.8) is 0 Å². The molecule has 3 N–H and O–H groups in total. The number of urea groups is 1. The lowest BCUT2D eigenvalue weighted by molar-refractivity contribution is 0.251. The van der Waals surface area contributed by atoms with Gasteiger partial charge < -0.3 is 15.5 Å². The highest BCUT2D eigenvalue weighted by Crippen LogP contribution is 2.36. The number of aromatic amines is 1. The standard InChI is InChI=1S/C27H30Cl3N7O2/c1-15(2)23-22-25(37(35-23)24-19(29)13-17(28)14-20(24)30)33-21(34-26(22)38)12-16-6-8-18(9-7-16)32-27(39)31-10-5-11-36(3)4/h6-9,13-15,35H,5,10-12H2,1-4H3,(H2,31,32,39). The van der Waals surface area contributed by atoms with Crippen LogP contribution < -0.4 is 16.2 Å². The average Bonchev–Trinajstić information content (AvgIpc) is 3.22. The number of hydrogen-bond donors (Lipinski definition) is 3. The first kappa shape index (κ1) is 28.9. The average molecular weight is 591 g/mol. The minimum Gasteiger partial charge on any atom is -0.338 e. The van der Waals surface area contributed by atoms with E-state index < -0.39 is 0 Å². The van der Waals surface area contributed by atoms with Crippen molar-refractivity contribution in [1.82, 2.24) is 30.0 Å². The van der Waals surface area contributed by atoms with E-state index in [4.69, 9.17) is 39.8 Å². The van der Waals surface area contributed by atoms with Crippen LogP contribution >= 0.6 is 34.8 Å². The van der Waals surface area contributed by atoms with Gasteiger partial charge in [0, 0.05) is 23.7 Å². The lowest BCUT2D eigenvalue weighted by Crippen LogP contribution is -2.31. The molecule has 2 heterocycles. The molecule has 0 aromatic heterocycles. The van der Waals surface area contributed by atoms with Crippen molar-refractivity contribution in [1.29, 1.82) is 0 Å². The van der Waals surface area contributed by atoms with Gasteiger partial charge in [-0.25, -0.2) is 14.5 Å². The minimum atomic E-state index is -0.390. The topological polar surface area (TPSA) is 108 Å². The third kappa shape index (κ3) is 6.91. The van der Waals surface area contributed by atoms with E-state index in [0.717, 1.165) is 18.5 Å². The third-order valence-electron chi connectivity index (χ3n) is 6.04. The van der Waals surface area contributed by atoms with Crippen LogP contribution in [0.4, 0.5) is 10.5 Å². The molecule has 2 amide bonds. The van der Waals surface area contributed by atoms with Gasteiger partial charge in [-0.05, 0) is 62.8 Å². The second-order valence-electron chi connectivity index (χ2n) is 9.79. The number of nitrogens with one attached hydrogen (secondary N) is 3. The van der Waals surface area contributed by atoms with Gasteiger partial charge in [0.2, 0.25) is 0 Å². The molecule has 2 aromatic rings. The van der Waals surface area contributed by atoms with Gasteiger partial charge in [0.25, 0.3) is 5.56 Å². The van der Waals surface area contributed by atoms with Crippen LogP contribution in [0.15, 0.2) is 41.2 Å². The smallest absolute Gasteiger partial charge is 0.319 e. The van der Waals surface area contributed by atoms with Gasteiger partial charge in [0.15, 0.2) is 5.82 Å². The number of benzene rings is 2. The second kappa shape index (κ2) is 12.4.